The zero-order valence-electron chi connectivity index (χ0n) is 14.9. The van der Waals surface area contributed by atoms with Crippen molar-refractivity contribution in [2.24, 2.45) is 5.16 Å². The normalized spacial score (nSPS) is 15.9. The number of hydrogen-bond donors (Lipinski definition) is 1. The van der Waals surface area contributed by atoms with Gasteiger partial charge in [-0.3, -0.25) is 0 Å². The van der Waals surface area contributed by atoms with Crippen molar-refractivity contribution < 1.29 is 14.3 Å². The number of aromatic nitrogens is 2. The Balaban J connectivity index is 1.22. The molecule has 1 N–H and O–H groups in total. The van der Waals surface area contributed by atoms with Crippen LogP contribution >= 0.6 is 0 Å². The van der Waals surface area contributed by atoms with Crippen LogP contribution in [-0.2, 0) is 4.84 Å². The molecule has 28 heavy (non-hydrogen) atoms. The van der Waals surface area contributed by atoms with Crippen molar-refractivity contribution in [2.45, 2.75) is 12.5 Å². The maximum absolute atomic E-state index is 5.83. The molecule has 0 saturated heterocycles. The van der Waals surface area contributed by atoms with Crippen molar-refractivity contribution in [3.63, 3.8) is 0 Å². The van der Waals surface area contributed by atoms with Crippen LogP contribution in [0.5, 0.6) is 17.2 Å². The lowest BCUT2D eigenvalue weighted by atomic mass is 10.1. The molecule has 4 aromatic rings. The van der Waals surface area contributed by atoms with Crippen LogP contribution in [0.3, 0.4) is 0 Å². The number of H-pyrrole nitrogens is 1. The predicted octanol–water partition coefficient (Wildman–Crippen LogP) is 5.21. The van der Waals surface area contributed by atoms with E-state index in [0.29, 0.717) is 18.1 Å². The molecule has 5 rings (SSSR count). The van der Waals surface area contributed by atoms with Crippen LogP contribution in [0.1, 0.15) is 18.1 Å². The van der Waals surface area contributed by atoms with Gasteiger partial charge in [-0.1, -0.05) is 35.5 Å². The number of ether oxygens (including phenoxy) is 2. The molecule has 0 bridgehead atoms. The third kappa shape index (κ3) is 3.40. The first-order valence-corrected chi connectivity index (χ1v) is 9.00. The van der Waals surface area contributed by atoms with E-state index in [1.807, 2.05) is 72.9 Å². The summed E-state index contributed by atoms with van der Waals surface area (Å²) in [6, 6.07) is 21.4. The zero-order chi connectivity index (χ0) is 18.8. The van der Waals surface area contributed by atoms with E-state index in [1.54, 1.807) is 6.20 Å². The Hall–Kier alpha value is -3.80. The SMILES string of the molecule is c1ccc(Oc2ccc([C@H]3CC(Oc4cnc5[nH]ccc5c4)=NO3)cc2)cc1. The fraction of sp³-hybridized carbons (Fsp3) is 0.0909. The minimum absolute atomic E-state index is 0.176. The molecule has 1 atom stereocenters. The van der Waals surface area contributed by atoms with Crippen molar-refractivity contribution >= 4 is 16.9 Å². The summed E-state index contributed by atoms with van der Waals surface area (Å²) in [4.78, 5) is 12.9. The molecule has 0 radical (unpaired) electrons. The predicted molar refractivity (Wildman–Crippen MR) is 106 cm³/mol. The number of nitrogens with zero attached hydrogens (tertiary/aromatic N) is 2. The summed E-state index contributed by atoms with van der Waals surface area (Å²) in [7, 11) is 0. The fourth-order valence-electron chi connectivity index (χ4n) is 3.08. The third-order valence-electron chi connectivity index (χ3n) is 4.48. The molecule has 6 heteroatoms. The number of benzene rings is 2. The van der Waals surface area contributed by atoms with E-state index in [2.05, 4.69) is 15.1 Å². The van der Waals surface area contributed by atoms with Crippen LogP contribution in [-0.4, -0.2) is 15.9 Å². The van der Waals surface area contributed by atoms with E-state index < -0.39 is 0 Å². The molecular weight excluding hydrogens is 354 g/mol. The van der Waals surface area contributed by atoms with Crippen molar-refractivity contribution in [1.29, 1.82) is 0 Å². The van der Waals surface area contributed by atoms with Crippen LogP contribution < -0.4 is 9.47 Å². The summed E-state index contributed by atoms with van der Waals surface area (Å²) < 4.78 is 11.7. The van der Waals surface area contributed by atoms with Gasteiger partial charge in [0.1, 0.15) is 22.9 Å². The average Bonchev–Trinajstić information content (AvgIpc) is 3.39. The lowest BCUT2D eigenvalue weighted by Gasteiger charge is -2.10. The summed E-state index contributed by atoms with van der Waals surface area (Å²) in [5.74, 6) is 2.75. The van der Waals surface area contributed by atoms with Gasteiger partial charge >= 0.3 is 0 Å². The number of fused-ring (bicyclic) bond motifs is 1. The zero-order valence-corrected chi connectivity index (χ0v) is 14.9. The van der Waals surface area contributed by atoms with Gasteiger partial charge in [0.2, 0.25) is 5.90 Å². The van der Waals surface area contributed by atoms with E-state index in [1.165, 1.54) is 0 Å². The van der Waals surface area contributed by atoms with Crippen molar-refractivity contribution in [3.05, 3.63) is 84.7 Å². The van der Waals surface area contributed by atoms with E-state index >= 15 is 0 Å². The topological polar surface area (TPSA) is 68.7 Å². The smallest absolute Gasteiger partial charge is 0.235 e. The molecule has 0 fully saturated rings. The molecule has 138 valence electrons. The molecule has 0 saturated carbocycles. The molecule has 1 aliphatic rings. The molecule has 0 aliphatic carbocycles. The first-order valence-electron chi connectivity index (χ1n) is 9.00. The molecule has 1 aliphatic heterocycles. The Morgan fingerprint density at radius 1 is 0.893 bits per heavy atom. The molecule has 0 unspecified atom stereocenters. The van der Waals surface area contributed by atoms with Gasteiger partial charge in [-0.15, -0.1) is 0 Å². The number of oxime groups is 1. The number of para-hydroxylation sites is 1. The van der Waals surface area contributed by atoms with Crippen LogP contribution in [0, 0.1) is 0 Å². The summed E-state index contributed by atoms with van der Waals surface area (Å²) in [6.07, 6.45) is 3.90. The highest BCUT2D eigenvalue weighted by molar-refractivity contribution is 5.82. The van der Waals surface area contributed by atoms with Crippen LogP contribution in [0.25, 0.3) is 11.0 Å². The maximum atomic E-state index is 5.83. The van der Waals surface area contributed by atoms with Gasteiger partial charge < -0.3 is 19.3 Å². The van der Waals surface area contributed by atoms with Gasteiger partial charge in [0.25, 0.3) is 0 Å². The van der Waals surface area contributed by atoms with E-state index in [-0.39, 0.29) is 6.10 Å². The quantitative estimate of drug-likeness (QED) is 0.535. The second kappa shape index (κ2) is 7.08. The number of rotatable bonds is 4. The summed E-state index contributed by atoms with van der Waals surface area (Å²) >= 11 is 0. The Bertz CT molecular complexity index is 1120. The molecule has 2 aromatic heterocycles. The number of hydrogen-bond acceptors (Lipinski definition) is 5. The van der Waals surface area contributed by atoms with Gasteiger partial charge in [-0.2, -0.15) is 0 Å². The maximum Gasteiger partial charge on any atom is 0.235 e. The van der Waals surface area contributed by atoms with Crippen LogP contribution in [0.15, 0.2) is 84.3 Å². The van der Waals surface area contributed by atoms with Gasteiger partial charge in [0.05, 0.1) is 12.6 Å². The molecule has 3 heterocycles. The van der Waals surface area contributed by atoms with E-state index in [9.17, 15) is 0 Å². The highest BCUT2D eigenvalue weighted by atomic mass is 16.7. The van der Waals surface area contributed by atoms with Gasteiger partial charge in [0, 0.05) is 11.6 Å². The standard InChI is InChI=1S/C22H17N3O3/c1-2-4-17(5-3-1)26-18-8-6-15(7-9-18)20-13-21(25-28-20)27-19-12-16-10-11-23-22(16)24-14-19/h1-12,14,20H,13H2,(H,23,24)/t20-/m1/s1. The van der Waals surface area contributed by atoms with E-state index in [4.69, 9.17) is 14.3 Å². The summed E-state index contributed by atoms with van der Waals surface area (Å²) in [5.41, 5.74) is 1.84. The monoisotopic (exact) mass is 371 g/mol. The number of aromatic amines is 1. The third-order valence-corrected chi connectivity index (χ3v) is 4.48. The second-order valence-corrected chi connectivity index (χ2v) is 6.46. The van der Waals surface area contributed by atoms with Gasteiger partial charge in [-0.25, -0.2) is 4.98 Å². The fourth-order valence-corrected chi connectivity index (χ4v) is 3.08. The van der Waals surface area contributed by atoms with Crippen molar-refractivity contribution in [1.82, 2.24) is 9.97 Å². The number of nitrogens with one attached hydrogen (secondary N) is 1. The molecule has 2 aromatic carbocycles. The highest BCUT2D eigenvalue weighted by Gasteiger charge is 2.24. The first kappa shape index (κ1) is 16.4. The molecule has 0 amide bonds. The molecule has 6 nitrogen and oxygen atoms in total. The Kier molecular flexibility index (Phi) is 4.14. The highest BCUT2D eigenvalue weighted by Crippen LogP contribution is 2.30. The van der Waals surface area contributed by atoms with Crippen molar-refractivity contribution in [2.75, 3.05) is 0 Å². The lowest BCUT2D eigenvalue weighted by molar-refractivity contribution is 0.0855. The summed E-state index contributed by atoms with van der Waals surface area (Å²) in [5, 5.41) is 5.06. The Morgan fingerprint density at radius 2 is 1.71 bits per heavy atom. The second-order valence-electron chi connectivity index (χ2n) is 6.46. The van der Waals surface area contributed by atoms with Gasteiger partial charge in [0.15, 0.2) is 6.10 Å². The largest absolute Gasteiger partial charge is 0.457 e. The lowest BCUT2D eigenvalue weighted by Crippen LogP contribution is -2.07. The Morgan fingerprint density at radius 3 is 2.57 bits per heavy atom. The average molecular weight is 371 g/mol. The van der Waals surface area contributed by atoms with E-state index in [0.717, 1.165) is 28.1 Å². The Labute approximate surface area is 161 Å². The summed E-state index contributed by atoms with van der Waals surface area (Å²) in [6.45, 7) is 0. The minimum Gasteiger partial charge on any atom is -0.457 e. The van der Waals surface area contributed by atoms with Crippen LogP contribution in [0.2, 0.25) is 0 Å². The molecular formula is C22H17N3O3. The minimum atomic E-state index is -0.176. The van der Waals surface area contributed by atoms with Gasteiger partial charge in [-0.05, 0) is 42.0 Å². The number of pyridine rings is 1. The van der Waals surface area contributed by atoms with Crippen LogP contribution in [0.4, 0.5) is 0 Å². The first-order chi connectivity index (χ1) is 13.8. The molecule has 0 spiro atoms. The van der Waals surface area contributed by atoms with Crippen molar-refractivity contribution in [3.8, 4) is 17.2 Å².